The number of benzene rings is 3. The van der Waals surface area contributed by atoms with E-state index in [2.05, 4.69) is 20.9 Å². The number of ketones is 3. The highest BCUT2D eigenvalue weighted by Gasteiger charge is 2.55. The van der Waals surface area contributed by atoms with Crippen LogP contribution in [-0.2, 0) is 70.2 Å². The molecule has 6 amide bonds. The fourth-order valence-electron chi connectivity index (χ4n) is 13.2. The van der Waals surface area contributed by atoms with Crippen molar-refractivity contribution < 1.29 is 91.6 Å². The van der Waals surface area contributed by atoms with Gasteiger partial charge in [0, 0.05) is 106 Å². The van der Waals surface area contributed by atoms with Gasteiger partial charge in [0.2, 0.25) is 23.5 Å². The number of phenolic OH excluding ortho intramolecular Hbond substituents is 2. The maximum Gasteiger partial charge on any atom is 0.410 e. The number of anilines is 1. The lowest BCUT2D eigenvalue weighted by Crippen LogP contribution is -2.55. The zero-order valence-corrected chi connectivity index (χ0v) is 51.5. The number of amides is 6. The molecule has 10 rings (SSSR count). The first kappa shape index (κ1) is 65.3. The Morgan fingerprint density at radius 2 is 1.56 bits per heavy atom. The van der Waals surface area contributed by atoms with E-state index < -0.39 is 126 Å². The highest BCUT2D eigenvalue weighted by Crippen LogP contribution is 2.53. The van der Waals surface area contributed by atoms with Crippen LogP contribution in [0, 0.1) is 5.92 Å². The van der Waals surface area contributed by atoms with E-state index in [9.17, 15) is 58.5 Å². The lowest BCUT2D eigenvalue weighted by atomic mass is 9.71. The molecule has 5 aliphatic heterocycles. The first-order valence-corrected chi connectivity index (χ1v) is 30.6. The highest BCUT2D eigenvalue weighted by atomic mass is 16.7. The van der Waals surface area contributed by atoms with Crippen molar-refractivity contribution in [2.75, 3.05) is 65.9 Å². The third kappa shape index (κ3) is 13.4. The number of rotatable bonds is 22. The standard InChI is InChI=1S/C64H79N7O19/c1-33(2)53(67-45(73)14-9-8-10-23-71-46(74)19-20-47(71)75)60(81)65-34(3)59(80)66-37-17-15-36(16-18-37)32-87-63(82)69-24-21-38(22-25-69)68(5)31-44(72)64(83)29-40-50(57(79)52-51(55(40)77)54(76)39-12-11-13-42(84-6)49(39)56(52)78)43(30-64)89-48-28-41-58(35(4)88-48)90-61-62(85-7)86-27-26-70(41)61/h11-13,15-20,33-35,38,41,43,48,53,58,61-62,77,79,83H,8-10,14,21-32H2,1-7H3,(H,65,81)(H,66,80)(H,67,73)/t34-,35-,41-,43-,48-,53-,58+,61+,62-,64-/m0/s1. The number of aromatic hydroxyl groups is 2. The van der Waals surface area contributed by atoms with Gasteiger partial charge in [0.25, 0.3) is 11.8 Å². The maximum atomic E-state index is 14.7. The van der Waals surface area contributed by atoms with Crippen LogP contribution in [0.3, 0.4) is 0 Å². The van der Waals surface area contributed by atoms with Gasteiger partial charge in [0.15, 0.2) is 30.4 Å². The van der Waals surface area contributed by atoms with E-state index >= 15 is 0 Å². The molecule has 0 saturated carbocycles. The summed E-state index contributed by atoms with van der Waals surface area (Å²) >= 11 is 0. The molecular weight excluding hydrogens is 1170 g/mol. The lowest BCUT2D eigenvalue weighted by molar-refractivity contribution is -0.256. The predicted molar refractivity (Wildman–Crippen MR) is 318 cm³/mol. The number of fused-ring (bicyclic) bond motifs is 6. The van der Waals surface area contributed by atoms with Crippen LogP contribution in [0.5, 0.6) is 17.2 Å². The first-order chi connectivity index (χ1) is 43.0. The van der Waals surface area contributed by atoms with Gasteiger partial charge < -0.3 is 69.3 Å². The van der Waals surface area contributed by atoms with E-state index in [1.165, 1.54) is 51.5 Å². The smallest absolute Gasteiger partial charge is 0.410 e. The predicted octanol–water partition coefficient (Wildman–Crippen LogP) is 3.52. The van der Waals surface area contributed by atoms with Gasteiger partial charge in [-0.05, 0) is 76.3 Å². The van der Waals surface area contributed by atoms with Crippen molar-refractivity contribution >= 4 is 58.7 Å². The Labute approximate surface area is 520 Å². The second-order valence-electron chi connectivity index (χ2n) is 24.5. The van der Waals surface area contributed by atoms with Crippen molar-refractivity contribution in [2.45, 2.75) is 159 Å². The van der Waals surface area contributed by atoms with E-state index in [0.29, 0.717) is 56.5 Å². The van der Waals surface area contributed by atoms with Gasteiger partial charge in [-0.1, -0.05) is 44.5 Å². The fourth-order valence-corrected chi connectivity index (χ4v) is 13.2. The van der Waals surface area contributed by atoms with Crippen LogP contribution in [0.1, 0.15) is 134 Å². The number of hydrogen-bond acceptors (Lipinski definition) is 21. The van der Waals surface area contributed by atoms with Crippen LogP contribution in [0.2, 0.25) is 0 Å². The maximum absolute atomic E-state index is 14.7. The van der Waals surface area contributed by atoms with Crippen molar-refractivity contribution in [3.05, 3.63) is 93.6 Å². The van der Waals surface area contributed by atoms with Crippen molar-refractivity contribution in [3.8, 4) is 17.2 Å². The van der Waals surface area contributed by atoms with Gasteiger partial charge in [-0.3, -0.25) is 53.1 Å². The molecule has 0 radical (unpaired) electrons. The second kappa shape index (κ2) is 27.4. The molecule has 484 valence electrons. The topological polar surface area (TPSA) is 328 Å². The molecule has 90 heavy (non-hydrogen) atoms. The monoisotopic (exact) mass is 1250 g/mol. The number of morpholine rings is 1. The number of Topliss-reactive ketones (excluding diaryl/α,β-unsaturated/α-hetero) is 1. The van der Waals surface area contributed by atoms with Gasteiger partial charge in [0.1, 0.15) is 47.6 Å². The van der Waals surface area contributed by atoms with Crippen LogP contribution < -0.4 is 20.7 Å². The summed E-state index contributed by atoms with van der Waals surface area (Å²) in [5.41, 5.74) is -2.44. The molecule has 26 heteroatoms. The summed E-state index contributed by atoms with van der Waals surface area (Å²) in [5, 5.41) is 45.3. The summed E-state index contributed by atoms with van der Waals surface area (Å²) < 4.78 is 42.0. The number of aliphatic hydroxyl groups is 1. The number of likely N-dealkylation sites (N-methyl/N-ethyl adjacent to an activating group) is 1. The summed E-state index contributed by atoms with van der Waals surface area (Å²) in [7, 11) is 4.61. The number of carbonyl (C=O) groups excluding carboxylic acids is 9. The summed E-state index contributed by atoms with van der Waals surface area (Å²) in [4.78, 5) is 126. The molecule has 3 aromatic rings. The Kier molecular flexibility index (Phi) is 19.9. The lowest BCUT2D eigenvalue weighted by Gasteiger charge is -2.44. The Morgan fingerprint density at radius 1 is 0.844 bits per heavy atom. The van der Waals surface area contributed by atoms with Crippen molar-refractivity contribution in [2.24, 2.45) is 5.92 Å². The molecule has 6 N–H and O–H groups in total. The minimum atomic E-state index is -2.23. The van der Waals surface area contributed by atoms with Crippen LogP contribution in [0.4, 0.5) is 10.5 Å². The van der Waals surface area contributed by atoms with Crippen molar-refractivity contribution in [1.29, 1.82) is 0 Å². The molecule has 2 aliphatic carbocycles. The third-order valence-electron chi connectivity index (χ3n) is 18.2. The zero-order valence-electron chi connectivity index (χ0n) is 51.5. The third-order valence-corrected chi connectivity index (χ3v) is 18.2. The van der Waals surface area contributed by atoms with Crippen molar-refractivity contribution in [3.63, 3.8) is 0 Å². The van der Waals surface area contributed by atoms with E-state index in [-0.39, 0.29) is 109 Å². The largest absolute Gasteiger partial charge is 0.507 e. The molecule has 4 fully saturated rings. The van der Waals surface area contributed by atoms with E-state index in [4.69, 9.17) is 33.2 Å². The first-order valence-electron chi connectivity index (χ1n) is 30.6. The Bertz CT molecular complexity index is 3310. The molecule has 7 aliphatic rings. The summed E-state index contributed by atoms with van der Waals surface area (Å²) in [5.74, 6) is -5.77. The summed E-state index contributed by atoms with van der Waals surface area (Å²) in [6, 6.07) is 8.75. The number of nitrogens with zero attached hydrogens (tertiary/aromatic N) is 4. The number of carbonyl (C=O) groups is 9. The van der Waals surface area contributed by atoms with Gasteiger partial charge in [-0.15, -0.1) is 0 Å². The molecule has 0 unspecified atom stereocenters. The second-order valence-corrected chi connectivity index (χ2v) is 24.5. The fraction of sp³-hybridized carbons (Fsp3) is 0.547. The average molecular weight is 1250 g/mol. The van der Waals surface area contributed by atoms with Gasteiger partial charge in [-0.2, -0.15) is 0 Å². The molecule has 0 spiro atoms. The van der Waals surface area contributed by atoms with E-state index in [1.54, 1.807) is 55.0 Å². The molecule has 26 nitrogen and oxygen atoms in total. The van der Waals surface area contributed by atoms with Crippen LogP contribution in [-0.4, -0.2) is 209 Å². The normalized spacial score (nSPS) is 25.5. The van der Waals surface area contributed by atoms with Gasteiger partial charge >= 0.3 is 6.09 Å². The average Bonchev–Trinajstić information content (AvgIpc) is 0.825. The molecule has 4 saturated heterocycles. The number of methoxy groups -OCH3 is 2. The summed E-state index contributed by atoms with van der Waals surface area (Å²) in [6.45, 7) is 8.31. The highest BCUT2D eigenvalue weighted by molar-refractivity contribution is 6.31. The Morgan fingerprint density at radius 3 is 2.24 bits per heavy atom. The van der Waals surface area contributed by atoms with Gasteiger partial charge in [0.05, 0.1) is 49.2 Å². The molecule has 0 aromatic heterocycles. The van der Waals surface area contributed by atoms with Crippen LogP contribution >= 0.6 is 0 Å². The molecule has 0 bridgehead atoms. The van der Waals surface area contributed by atoms with Crippen LogP contribution in [0.25, 0.3) is 0 Å². The van der Waals surface area contributed by atoms with E-state index in [0.717, 1.165) is 4.90 Å². The summed E-state index contributed by atoms with van der Waals surface area (Å²) in [6.07, 6.45) is -0.600. The number of imide groups is 1. The molecule has 10 atom stereocenters. The van der Waals surface area contributed by atoms with Crippen molar-refractivity contribution in [1.82, 2.24) is 30.2 Å². The number of piperidine rings is 1. The quantitative estimate of drug-likeness (QED) is 0.0372. The molecular formula is C64H79N7O19. The Balaban J connectivity index is 0.719. The van der Waals surface area contributed by atoms with Gasteiger partial charge in [-0.25, -0.2) is 4.79 Å². The molecule has 5 heterocycles. The number of likely N-dealkylation sites (tertiary alicyclic amines) is 1. The Hall–Kier alpha value is -7.69. The number of hydrogen-bond donors (Lipinski definition) is 6. The number of phenols is 2. The minimum Gasteiger partial charge on any atom is -0.507 e. The number of ether oxygens (including phenoxy) is 7. The molecule has 3 aromatic carbocycles. The minimum absolute atomic E-state index is 0.0579. The number of unbranched alkanes of at least 4 members (excludes halogenated alkanes) is 2. The SMILES string of the molecule is COc1cccc2c1C(=O)c1c(O)c3c(c(O)c1C2=O)C[C@@](O)(C(=O)CN(C)C1CCN(C(=O)OCc2ccc(NC(=O)[C@H](C)NC(=O)[C@@H](NC(=O)CCCCCN4C(=O)C=CC4=O)C(C)C)cc2)CC1)C[C@@H]3O[C@H]1C[C@H]2[C@H](O[C@@H]3[C@@H](OC)OCCN32)[C@H](C)O1. The van der Waals surface area contributed by atoms with Crippen LogP contribution in [0.15, 0.2) is 54.6 Å². The van der Waals surface area contributed by atoms with E-state index in [1.807, 2.05) is 6.92 Å². The zero-order chi connectivity index (χ0) is 64.5. The number of nitrogens with one attached hydrogen (secondary N) is 3.